The van der Waals surface area contributed by atoms with E-state index in [4.69, 9.17) is 0 Å². The lowest BCUT2D eigenvalue weighted by Gasteiger charge is -2.38. The molecule has 4 rings (SSSR count). The molecule has 6 nitrogen and oxygen atoms in total. The van der Waals surface area contributed by atoms with Crippen LogP contribution in [0, 0.1) is 0 Å². The first-order chi connectivity index (χ1) is 12.2. The van der Waals surface area contributed by atoms with Crippen molar-refractivity contribution in [1.29, 1.82) is 0 Å². The third-order valence-corrected chi connectivity index (χ3v) is 5.45. The van der Waals surface area contributed by atoms with Gasteiger partial charge in [0.1, 0.15) is 0 Å². The Morgan fingerprint density at radius 3 is 2.72 bits per heavy atom. The van der Waals surface area contributed by atoms with E-state index < -0.39 is 5.60 Å². The molecule has 3 aromatic heterocycles. The quantitative estimate of drug-likeness (QED) is 0.761. The summed E-state index contributed by atoms with van der Waals surface area (Å²) in [5, 5.41) is 22.7. The van der Waals surface area contributed by atoms with Crippen molar-refractivity contribution in [3.8, 4) is 11.3 Å². The molecule has 1 saturated heterocycles. The third kappa shape index (κ3) is 3.95. The number of hydrogen-bond donors (Lipinski definition) is 1. The molecular weight excluding hydrogens is 334 g/mol. The molecule has 0 unspecified atom stereocenters. The summed E-state index contributed by atoms with van der Waals surface area (Å²) >= 11 is 1.69. The molecule has 0 spiro atoms. The third-order valence-electron chi connectivity index (χ3n) is 4.76. The van der Waals surface area contributed by atoms with Gasteiger partial charge in [0.15, 0.2) is 0 Å². The number of likely N-dealkylation sites (tertiary alicyclic amines) is 1. The van der Waals surface area contributed by atoms with Crippen molar-refractivity contribution in [2.75, 3.05) is 13.1 Å². The van der Waals surface area contributed by atoms with Crippen LogP contribution in [-0.2, 0) is 13.1 Å². The standard InChI is InChI=1S/C18H21N5OS/c24-18(14-23-9-6-20-21-23)4-7-22(8-5-18)12-15-1-2-17(19-11-15)16-3-10-25-13-16/h1-3,6,9-11,13,24H,4-5,7-8,12,14H2. The van der Waals surface area contributed by atoms with Gasteiger partial charge in [0, 0.05) is 43.0 Å². The second kappa shape index (κ2) is 7.03. The Labute approximate surface area is 150 Å². The van der Waals surface area contributed by atoms with E-state index in [1.807, 2.05) is 6.20 Å². The van der Waals surface area contributed by atoms with E-state index in [9.17, 15) is 5.11 Å². The van der Waals surface area contributed by atoms with E-state index in [0.29, 0.717) is 6.54 Å². The average molecular weight is 355 g/mol. The summed E-state index contributed by atoms with van der Waals surface area (Å²) in [6.07, 6.45) is 6.89. The number of aliphatic hydroxyl groups is 1. The predicted molar refractivity (Wildman–Crippen MR) is 97.0 cm³/mol. The van der Waals surface area contributed by atoms with Crippen molar-refractivity contribution >= 4 is 11.3 Å². The van der Waals surface area contributed by atoms with Gasteiger partial charge in [-0.25, -0.2) is 4.68 Å². The fourth-order valence-electron chi connectivity index (χ4n) is 3.26. The number of pyridine rings is 1. The Kier molecular flexibility index (Phi) is 4.61. The molecule has 4 heterocycles. The van der Waals surface area contributed by atoms with Crippen LogP contribution in [-0.4, -0.2) is 48.7 Å². The van der Waals surface area contributed by atoms with Crippen molar-refractivity contribution in [1.82, 2.24) is 24.9 Å². The lowest BCUT2D eigenvalue weighted by Crippen LogP contribution is -2.46. The average Bonchev–Trinajstić information content (AvgIpc) is 3.32. The topological polar surface area (TPSA) is 67.1 Å². The van der Waals surface area contributed by atoms with Gasteiger partial charge in [-0.15, -0.1) is 5.10 Å². The molecule has 0 bridgehead atoms. The normalized spacial score (nSPS) is 17.6. The lowest BCUT2D eigenvalue weighted by atomic mass is 9.91. The van der Waals surface area contributed by atoms with Crippen LogP contribution < -0.4 is 0 Å². The van der Waals surface area contributed by atoms with Crippen LogP contribution >= 0.6 is 11.3 Å². The molecule has 0 aliphatic carbocycles. The Morgan fingerprint density at radius 2 is 2.08 bits per heavy atom. The number of nitrogens with zero attached hydrogens (tertiary/aromatic N) is 5. The minimum Gasteiger partial charge on any atom is -0.388 e. The first-order valence-electron chi connectivity index (χ1n) is 8.47. The van der Waals surface area contributed by atoms with Gasteiger partial charge in [0.05, 0.1) is 24.0 Å². The van der Waals surface area contributed by atoms with E-state index in [1.54, 1.807) is 28.4 Å². The molecule has 25 heavy (non-hydrogen) atoms. The van der Waals surface area contributed by atoms with Crippen molar-refractivity contribution in [3.05, 3.63) is 53.1 Å². The monoisotopic (exact) mass is 355 g/mol. The van der Waals surface area contributed by atoms with Gasteiger partial charge in [0.25, 0.3) is 0 Å². The maximum Gasteiger partial charge on any atom is 0.0867 e. The molecule has 3 aromatic rings. The maximum absolute atomic E-state index is 10.7. The molecule has 1 N–H and O–H groups in total. The molecule has 1 aliphatic rings. The van der Waals surface area contributed by atoms with Crippen LogP contribution in [0.15, 0.2) is 47.5 Å². The molecule has 0 atom stereocenters. The van der Waals surface area contributed by atoms with Gasteiger partial charge in [-0.3, -0.25) is 9.88 Å². The van der Waals surface area contributed by atoms with E-state index in [0.717, 1.165) is 38.2 Å². The van der Waals surface area contributed by atoms with Crippen LogP contribution in [0.4, 0.5) is 0 Å². The van der Waals surface area contributed by atoms with E-state index in [2.05, 4.69) is 49.2 Å². The molecular formula is C18H21N5OS. The fraction of sp³-hybridized carbons (Fsp3) is 0.389. The van der Waals surface area contributed by atoms with E-state index in [-0.39, 0.29) is 0 Å². The van der Waals surface area contributed by atoms with Crippen LogP contribution in [0.3, 0.4) is 0 Å². The summed E-state index contributed by atoms with van der Waals surface area (Å²) < 4.78 is 1.71. The predicted octanol–water partition coefficient (Wildman–Crippen LogP) is 2.43. The first-order valence-corrected chi connectivity index (χ1v) is 9.41. The Bertz CT molecular complexity index is 778. The minimum absolute atomic E-state index is 0.512. The Hall–Kier alpha value is -2.09. The van der Waals surface area contributed by atoms with Gasteiger partial charge < -0.3 is 5.11 Å². The zero-order valence-electron chi connectivity index (χ0n) is 14.0. The largest absolute Gasteiger partial charge is 0.388 e. The zero-order chi connectivity index (χ0) is 17.1. The summed E-state index contributed by atoms with van der Waals surface area (Å²) in [5.41, 5.74) is 2.71. The SMILES string of the molecule is OC1(Cn2ccnn2)CCN(Cc2ccc(-c3ccsc3)nc2)CC1. The highest BCUT2D eigenvalue weighted by atomic mass is 32.1. The van der Waals surface area contributed by atoms with Gasteiger partial charge in [-0.05, 0) is 35.9 Å². The van der Waals surface area contributed by atoms with Crippen LogP contribution in [0.25, 0.3) is 11.3 Å². The van der Waals surface area contributed by atoms with Gasteiger partial charge in [-0.2, -0.15) is 11.3 Å². The summed E-state index contributed by atoms with van der Waals surface area (Å²) in [7, 11) is 0. The second-order valence-electron chi connectivity index (χ2n) is 6.66. The van der Waals surface area contributed by atoms with E-state index >= 15 is 0 Å². The van der Waals surface area contributed by atoms with Crippen molar-refractivity contribution < 1.29 is 5.11 Å². The first kappa shape index (κ1) is 16.4. The van der Waals surface area contributed by atoms with Crippen LogP contribution in [0.5, 0.6) is 0 Å². The number of hydrogen-bond acceptors (Lipinski definition) is 6. The summed E-state index contributed by atoms with van der Waals surface area (Å²) in [6, 6.07) is 6.33. The number of thiophene rings is 1. The summed E-state index contributed by atoms with van der Waals surface area (Å²) in [6.45, 7) is 3.13. The molecule has 1 fully saturated rings. The van der Waals surface area contributed by atoms with Crippen molar-refractivity contribution in [2.24, 2.45) is 0 Å². The Morgan fingerprint density at radius 1 is 1.20 bits per heavy atom. The second-order valence-corrected chi connectivity index (χ2v) is 7.44. The molecule has 130 valence electrons. The molecule has 1 aliphatic heterocycles. The highest BCUT2D eigenvalue weighted by Gasteiger charge is 2.32. The minimum atomic E-state index is -0.689. The summed E-state index contributed by atoms with van der Waals surface area (Å²) in [4.78, 5) is 6.95. The zero-order valence-corrected chi connectivity index (χ0v) is 14.8. The molecule has 0 aromatic carbocycles. The highest BCUT2D eigenvalue weighted by molar-refractivity contribution is 7.08. The number of aromatic nitrogens is 4. The van der Waals surface area contributed by atoms with Gasteiger partial charge in [0.2, 0.25) is 0 Å². The molecule has 0 saturated carbocycles. The maximum atomic E-state index is 10.7. The van der Waals surface area contributed by atoms with Gasteiger partial charge >= 0.3 is 0 Å². The number of rotatable bonds is 5. The molecule has 0 radical (unpaired) electrons. The van der Waals surface area contributed by atoms with Gasteiger partial charge in [-0.1, -0.05) is 11.3 Å². The molecule has 0 amide bonds. The van der Waals surface area contributed by atoms with E-state index in [1.165, 1.54) is 11.1 Å². The van der Waals surface area contributed by atoms with Crippen molar-refractivity contribution in [2.45, 2.75) is 31.5 Å². The van der Waals surface area contributed by atoms with Crippen molar-refractivity contribution in [3.63, 3.8) is 0 Å². The van der Waals surface area contributed by atoms with Crippen LogP contribution in [0.2, 0.25) is 0 Å². The Balaban J connectivity index is 1.32. The highest BCUT2D eigenvalue weighted by Crippen LogP contribution is 2.25. The van der Waals surface area contributed by atoms with Crippen LogP contribution in [0.1, 0.15) is 18.4 Å². The lowest BCUT2D eigenvalue weighted by molar-refractivity contribution is -0.0383. The molecule has 7 heteroatoms. The smallest absolute Gasteiger partial charge is 0.0867 e. The number of piperidine rings is 1. The summed E-state index contributed by atoms with van der Waals surface area (Å²) in [5.74, 6) is 0. The fourth-order valence-corrected chi connectivity index (χ4v) is 3.91.